The van der Waals surface area contributed by atoms with E-state index in [-0.39, 0.29) is 48.6 Å². The van der Waals surface area contributed by atoms with E-state index < -0.39 is 6.16 Å². The number of carbonyl (C=O) groups excluding carboxylic acids is 2. The third kappa shape index (κ3) is 7.59. The molecule has 13 nitrogen and oxygen atoms in total. The number of ether oxygens (including phenoxy) is 5. The minimum absolute atomic E-state index is 0.0209. The zero-order chi connectivity index (χ0) is 27.8. The minimum Gasteiger partial charge on any atom is -0.461 e. The molecule has 0 aromatic carbocycles. The highest BCUT2D eigenvalue weighted by Crippen LogP contribution is 2.32. The van der Waals surface area contributed by atoms with E-state index in [1.165, 1.54) is 0 Å². The van der Waals surface area contributed by atoms with E-state index >= 15 is 0 Å². The number of nitrogens with two attached hydrogens (primary N) is 1. The van der Waals surface area contributed by atoms with Gasteiger partial charge in [0.15, 0.2) is 17.0 Å². The number of allylic oxidation sites excluding steroid dienone is 3. The first-order valence-electron chi connectivity index (χ1n) is 13.2. The van der Waals surface area contributed by atoms with Crippen LogP contribution in [0.2, 0.25) is 0 Å². The van der Waals surface area contributed by atoms with Gasteiger partial charge in [-0.3, -0.25) is 4.57 Å². The number of hydrogen-bond acceptors (Lipinski definition) is 11. The molecule has 2 aliphatic carbocycles. The van der Waals surface area contributed by atoms with Gasteiger partial charge in [-0.1, -0.05) is 18.2 Å². The first-order chi connectivity index (χ1) is 18.9. The minimum atomic E-state index is -0.891. The van der Waals surface area contributed by atoms with Crippen LogP contribution < -0.4 is 15.2 Å². The number of nitrogen functional groups attached to an aromatic ring is 1. The molecule has 4 rings (SSSR count). The molecule has 2 aliphatic rings. The second-order valence-corrected chi connectivity index (χ2v) is 9.39. The van der Waals surface area contributed by atoms with Crippen molar-refractivity contribution in [1.82, 2.24) is 24.4 Å². The van der Waals surface area contributed by atoms with Crippen LogP contribution in [0.25, 0.3) is 11.2 Å². The fourth-order valence-corrected chi connectivity index (χ4v) is 4.31. The van der Waals surface area contributed by atoms with Crippen molar-refractivity contribution >= 4 is 29.2 Å². The number of amides is 1. The molecule has 1 fully saturated rings. The lowest BCUT2D eigenvalue weighted by Crippen LogP contribution is -2.37. The van der Waals surface area contributed by atoms with Gasteiger partial charge in [0.2, 0.25) is 0 Å². The number of carbonyl (C=O) groups is 2. The highest BCUT2D eigenvalue weighted by atomic mass is 16.7. The van der Waals surface area contributed by atoms with E-state index in [0.29, 0.717) is 50.8 Å². The van der Waals surface area contributed by atoms with Gasteiger partial charge in [0.05, 0.1) is 26.4 Å². The zero-order valence-electron chi connectivity index (χ0n) is 22.6. The molecule has 1 atom stereocenters. The zero-order valence-corrected chi connectivity index (χ0v) is 22.6. The fraction of sp³-hybridized carbons (Fsp3) is 0.577. The molecule has 1 saturated carbocycles. The van der Waals surface area contributed by atoms with Crippen LogP contribution in [0.5, 0.6) is 12.0 Å². The Morgan fingerprint density at radius 1 is 1.10 bits per heavy atom. The molecular weight excluding hydrogens is 508 g/mol. The maximum Gasteiger partial charge on any atom is 0.516 e. The lowest BCUT2D eigenvalue weighted by Gasteiger charge is -2.27. The molecule has 2 aromatic rings. The average Bonchev–Trinajstić information content (AvgIpc) is 3.66. The summed E-state index contributed by atoms with van der Waals surface area (Å²) in [5, 5.41) is 0. The van der Waals surface area contributed by atoms with Crippen LogP contribution in [0, 0.1) is 11.8 Å². The molecule has 0 aliphatic heterocycles. The van der Waals surface area contributed by atoms with Crippen molar-refractivity contribution in [3.8, 4) is 12.0 Å². The summed E-state index contributed by atoms with van der Waals surface area (Å²) < 4.78 is 27.9. The van der Waals surface area contributed by atoms with Gasteiger partial charge in [0.1, 0.15) is 6.61 Å². The summed E-state index contributed by atoms with van der Waals surface area (Å²) in [5.74, 6) is 0.716. The van der Waals surface area contributed by atoms with E-state index in [9.17, 15) is 9.59 Å². The van der Waals surface area contributed by atoms with Crippen molar-refractivity contribution < 1.29 is 33.3 Å². The van der Waals surface area contributed by atoms with E-state index in [1.807, 2.05) is 19.1 Å². The fourth-order valence-electron chi connectivity index (χ4n) is 4.31. The SMILES string of the molecule is CCOC(=O)Oc1nc2c(N)nc(OCCOC)nc2n1CC1=CC=CC(CN(CC2CC2)C(=O)OCC)C1. The van der Waals surface area contributed by atoms with Crippen molar-refractivity contribution in [2.24, 2.45) is 11.8 Å². The van der Waals surface area contributed by atoms with Gasteiger partial charge in [-0.05, 0) is 50.5 Å². The normalized spacial score (nSPS) is 16.6. The second kappa shape index (κ2) is 13.3. The summed E-state index contributed by atoms with van der Waals surface area (Å²) in [5.41, 5.74) is 7.80. The molecular formula is C26H36N6O7. The Labute approximate surface area is 226 Å². The number of imidazole rings is 1. The molecule has 1 amide bonds. The van der Waals surface area contributed by atoms with Crippen molar-refractivity contribution in [2.45, 2.75) is 39.7 Å². The third-order valence-corrected chi connectivity index (χ3v) is 6.28. The molecule has 13 heteroatoms. The number of hydrogen-bond donors (Lipinski definition) is 1. The standard InChI is InChI=1S/C26H36N6O7/c1-4-36-25(33)31(14-17-9-10-17)15-18-7-6-8-19(13-18)16-32-22-20(28-24(32)39-26(34)37-5-2)21(27)29-23(30-22)38-12-11-35-3/h6-8,17-18H,4-5,9-16H2,1-3H3,(H2,27,29,30). The summed E-state index contributed by atoms with van der Waals surface area (Å²) in [6.07, 6.45) is 7.83. The Morgan fingerprint density at radius 3 is 2.62 bits per heavy atom. The molecule has 1 unspecified atom stereocenters. The molecule has 2 N–H and O–H groups in total. The molecule has 0 radical (unpaired) electrons. The van der Waals surface area contributed by atoms with Gasteiger partial charge in [-0.25, -0.2) is 9.59 Å². The third-order valence-electron chi connectivity index (χ3n) is 6.28. The van der Waals surface area contributed by atoms with Crippen molar-refractivity contribution in [2.75, 3.05) is 52.4 Å². The predicted octanol–water partition coefficient (Wildman–Crippen LogP) is 3.34. The van der Waals surface area contributed by atoms with Crippen LogP contribution in [-0.2, 0) is 20.8 Å². The number of aromatic nitrogens is 4. The van der Waals surface area contributed by atoms with Crippen LogP contribution in [-0.4, -0.2) is 83.3 Å². The van der Waals surface area contributed by atoms with E-state index in [1.54, 1.807) is 23.5 Å². The van der Waals surface area contributed by atoms with Crippen LogP contribution in [0.4, 0.5) is 15.4 Å². The largest absolute Gasteiger partial charge is 0.516 e. The summed E-state index contributed by atoms with van der Waals surface area (Å²) in [6.45, 7) is 6.12. The second-order valence-electron chi connectivity index (χ2n) is 9.39. The lowest BCUT2D eigenvalue weighted by atomic mass is 9.93. The van der Waals surface area contributed by atoms with E-state index in [4.69, 9.17) is 29.4 Å². The van der Waals surface area contributed by atoms with E-state index in [0.717, 1.165) is 18.4 Å². The van der Waals surface area contributed by atoms with Gasteiger partial charge in [0.25, 0.3) is 0 Å². The number of anilines is 1. The summed E-state index contributed by atoms with van der Waals surface area (Å²) in [4.78, 5) is 39.6. The first-order valence-corrected chi connectivity index (χ1v) is 13.2. The molecule has 212 valence electrons. The lowest BCUT2D eigenvalue weighted by molar-refractivity contribution is 0.0994. The van der Waals surface area contributed by atoms with Gasteiger partial charge in [-0.15, -0.1) is 0 Å². The number of fused-ring (bicyclic) bond motifs is 1. The highest BCUT2D eigenvalue weighted by molar-refractivity contribution is 5.83. The molecule has 0 spiro atoms. The Bertz CT molecular complexity index is 1220. The van der Waals surface area contributed by atoms with Gasteiger partial charge in [-0.2, -0.15) is 15.0 Å². The van der Waals surface area contributed by atoms with Crippen LogP contribution in [0.3, 0.4) is 0 Å². The Hall–Kier alpha value is -3.87. The van der Waals surface area contributed by atoms with Gasteiger partial charge < -0.3 is 34.3 Å². The monoisotopic (exact) mass is 544 g/mol. The first kappa shape index (κ1) is 28.1. The van der Waals surface area contributed by atoms with Crippen LogP contribution >= 0.6 is 0 Å². The maximum absolute atomic E-state index is 12.6. The van der Waals surface area contributed by atoms with E-state index in [2.05, 4.69) is 21.0 Å². The Morgan fingerprint density at radius 2 is 1.90 bits per heavy atom. The molecule has 0 bridgehead atoms. The number of rotatable bonds is 13. The molecule has 0 saturated heterocycles. The number of methoxy groups -OCH3 is 1. The average molecular weight is 545 g/mol. The Kier molecular flexibility index (Phi) is 9.58. The smallest absolute Gasteiger partial charge is 0.461 e. The summed E-state index contributed by atoms with van der Waals surface area (Å²) in [7, 11) is 1.56. The van der Waals surface area contributed by atoms with Crippen molar-refractivity contribution in [3.05, 3.63) is 23.8 Å². The van der Waals surface area contributed by atoms with Crippen LogP contribution in [0.1, 0.15) is 33.1 Å². The maximum atomic E-state index is 12.6. The highest BCUT2D eigenvalue weighted by Gasteiger charge is 2.29. The summed E-state index contributed by atoms with van der Waals surface area (Å²) in [6, 6.07) is 0.0359. The Balaban J connectivity index is 1.56. The summed E-state index contributed by atoms with van der Waals surface area (Å²) >= 11 is 0. The quantitative estimate of drug-likeness (QED) is 0.292. The molecule has 39 heavy (non-hydrogen) atoms. The van der Waals surface area contributed by atoms with Gasteiger partial charge in [0, 0.05) is 20.2 Å². The van der Waals surface area contributed by atoms with Crippen molar-refractivity contribution in [3.63, 3.8) is 0 Å². The molecule has 2 aromatic heterocycles. The van der Waals surface area contributed by atoms with Crippen molar-refractivity contribution in [1.29, 1.82) is 0 Å². The molecule has 2 heterocycles. The number of nitrogens with zero attached hydrogens (tertiary/aromatic N) is 5. The topological polar surface area (TPSA) is 153 Å². The predicted molar refractivity (Wildman–Crippen MR) is 141 cm³/mol. The van der Waals surface area contributed by atoms with Crippen LogP contribution in [0.15, 0.2) is 23.8 Å². The van der Waals surface area contributed by atoms with Gasteiger partial charge >= 0.3 is 24.3 Å².